The molecular weight excluding hydrogens is 378 g/mol. The predicted molar refractivity (Wildman–Crippen MR) is 106 cm³/mol. The summed E-state index contributed by atoms with van der Waals surface area (Å²) < 4.78 is 10.5. The summed E-state index contributed by atoms with van der Waals surface area (Å²) in [6.07, 6.45) is -1.93. The van der Waals surface area contributed by atoms with Crippen molar-refractivity contribution in [2.75, 3.05) is 11.9 Å². The molecule has 1 aromatic carbocycles. The molecule has 0 bridgehead atoms. The zero-order valence-electron chi connectivity index (χ0n) is 16.7. The number of amides is 1. The Balaban J connectivity index is 1.52. The lowest BCUT2D eigenvalue weighted by molar-refractivity contribution is -0.291. The van der Waals surface area contributed by atoms with Crippen LogP contribution >= 0.6 is 0 Å². The van der Waals surface area contributed by atoms with Crippen molar-refractivity contribution < 1.29 is 34.4 Å². The lowest BCUT2D eigenvalue weighted by Gasteiger charge is -2.38. The summed E-state index contributed by atoms with van der Waals surface area (Å²) in [6.45, 7) is 1.33. The fraction of sp³-hybridized carbons (Fsp3) is 0.619. The Morgan fingerprint density at radius 2 is 1.62 bits per heavy atom. The van der Waals surface area contributed by atoms with Gasteiger partial charge >= 0.3 is 0 Å². The van der Waals surface area contributed by atoms with Crippen molar-refractivity contribution in [3.05, 3.63) is 30.3 Å². The Bertz CT molecular complexity index is 639. The van der Waals surface area contributed by atoms with E-state index in [1.165, 1.54) is 0 Å². The van der Waals surface area contributed by atoms with Crippen molar-refractivity contribution >= 4 is 17.4 Å². The second kappa shape index (κ2) is 12.0. The van der Waals surface area contributed by atoms with E-state index in [4.69, 9.17) is 9.47 Å². The SMILES string of the molecule is C[C@@H]1O[C@@H](OCC(=O)CCCCCCC(=O)Nc2ccccc2)[C@@H](O)[C@H](O)[C@@H]1O. The third-order valence-corrected chi connectivity index (χ3v) is 4.88. The molecule has 162 valence electrons. The zero-order valence-corrected chi connectivity index (χ0v) is 16.7. The molecule has 1 saturated heterocycles. The molecule has 0 unspecified atom stereocenters. The molecule has 4 N–H and O–H groups in total. The normalized spacial score (nSPS) is 26.8. The molecular formula is C21H31NO7. The molecule has 1 aliphatic heterocycles. The Morgan fingerprint density at radius 3 is 2.31 bits per heavy atom. The van der Waals surface area contributed by atoms with Crippen molar-refractivity contribution in [1.29, 1.82) is 0 Å². The highest BCUT2D eigenvalue weighted by Crippen LogP contribution is 2.21. The number of nitrogens with one attached hydrogen (secondary N) is 1. The first-order valence-electron chi connectivity index (χ1n) is 10.1. The van der Waals surface area contributed by atoms with Crippen molar-refractivity contribution in [3.63, 3.8) is 0 Å². The Hall–Kier alpha value is -1.84. The van der Waals surface area contributed by atoms with Gasteiger partial charge < -0.3 is 30.1 Å². The topological polar surface area (TPSA) is 125 Å². The molecule has 0 aliphatic carbocycles. The number of rotatable bonds is 11. The second-order valence-electron chi connectivity index (χ2n) is 7.36. The van der Waals surface area contributed by atoms with Gasteiger partial charge in [0.05, 0.1) is 6.10 Å². The van der Waals surface area contributed by atoms with Gasteiger partial charge in [-0.1, -0.05) is 31.0 Å². The minimum atomic E-state index is -1.41. The van der Waals surface area contributed by atoms with E-state index in [0.29, 0.717) is 19.3 Å². The first kappa shape index (κ1) is 23.4. The minimum Gasteiger partial charge on any atom is -0.388 e. The van der Waals surface area contributed by atoms with Crippen molar-refractivity contribution in [3.8, 4) is 0 Å². The summed E-state index contributed by atoms with van der Waals surface area (Å²) in [5.74, 6) is -0.149. The molecule has 1 fully saturated rings. The average Bonchev–Trinajstić information content (AvgIpc) is 2.71. The number of carbonyl (C=O) groups excluding carboxylic acids is 2. The summed E-state index contributed by atoms with van der Waals surface area (Å²) >= 11 is 0. The van der Waals surface area contributed by atoms with Crippen LogP contribution in [-0.4, -0.2) is 64.3 Å². The minimum absolute atomic E-state index is 0.0201. The lowest BCUT2D eigenvalue weighted by Crippen LogP contribution is -2.57. The van der Waals surface area contributed by atoms with Crippen molar-refractivity contribution in [2.45, 2.75) is 76.2 Å². The van der Waals surface area contributed by atoms with Gasteiger partial charge in [-0.25, -0.2) is 0 Å². The Morgan fingerprint density at radius 1 is 0.966 bits per heavy atom. The molecule has 0 saturated carbocycles. The summed E-state index contributed by atoms with van der Waals surface area (Å²) in [5.41, 5.74) is 0.784. The molecule has 8 nitrogen and oxygen atoms in total. The molecule has 8 heteroatoms. The molecule has 1 aromatic rings. The lowest BCUT2D eigenvalue weighted by atomic mass is 10.00. The largest absolute Gasteiger partial charge is 0.388 e. The van der Waals surface area contributed by atoms with Crippen LogP contribution in [0, 0.1) is 0 Å². The molecule has 5 atom stereocenters. The quantitative estimate of drug-likeness (QED) is 0.407. The number of hydrogen-bond donors (Lipinski definition) is 4. The number of Topliss-reactive ketones (excluding diaryl/α,β-unsaturated/α-hetero) is 1. The van der Waals surface area contributed by atoms with E-state index in [9.17, 15) is 24.9 Å². The zero-order chi connectivity index (χ0) is 21.2. The Kier molecular flexibility index (Phi) is 9.69. The molecule has 1 aliphatic rings. The van der Waals surface area contributed by atoms with E-state index in [0.717, 1.165) is 24.9 Å². The van der Waals surface area contributed by atoms with Gasteiger partial charge in [-0.3, -0.25) is 9.59 Å². The summed E-state index contributed by atoms with van der Waals surface area (Å²) in [7, 11) is 0. The molecule has 29 heavy (non-hydrogen) atoms. The highest BCUT2D eigenvalue weighted by molar-refractivity contribution is 5.90. The van der Waals surface area contributed by atoms with Crippen LogP contribution in [0.25, 0.3) is 0 Å². The predicted octanol–water partition coefficient (Wildman–Crippen LogP) is 1.38. The van der Waals surface area contributed by atoms with E-state index in [1.54, 1.807) is 6.92 Å². The van der Waals surface area contributed by atoms with Crippen LogP contribution in [-0.2, 0) is 19.1 Å². The van der Waals surface area contributed by atoms with Gasteiger partial charge in [-0.15, -0.1) is 0 Å². The second-order valence-corrected chi connectivity index (χ2v) is 7.36. The van der Waals surface area contributed by atoms with Crippen LogP contribution in [0.5, 0.6) is 0 Å². The summed E-state index contributed by atoms with van der Waals surface area (Å²) in [5, 5.41) is 32.0. The van der Waals surface area contributed by atoms with E-state index in [2.05, 4.69) is 5.32 Å². The number of aliphatic hydroxyl groups is 3. The first-order valence-corrected chi connectivity index (χ1v) is 10.1. The monoisotopic (exact) mass is 409 g/mol. The summed E-state index contributed by atoms with van der Waals surface area (Å²) in [6, 6.07) is 9.30. The van der Waals surface area contributed by atoms with Crippen LogP contribution in [0.15, 0.2) is 30.3 Å². The average molecular weight is 409 g/mol. The van der Waals surface area contributed by atoms with Crippen LogP contribution in [0.4, 0.5) is 5.69 Å². The standard InChI is InChI=1S/C21H31NO7/c1-14-18(25)19(26)20(27)21(29-14)28-13-16(23)11-7-2-3-8-12-17(24)22-15-9-5-4-6-10-15/h4-6,9-10,14,18-21,25-27H,2-3,7-8,11-13H2,1H3,(H,22,24)/t14-,18+,19+,20-,21+/m0/s1. The van der Waals surface area contributed by atoms with E-state index >= 15 is 0 Å². The van der Waals surface area contributed by atoms with Gasteiger partial charge in [0.15, 0.2) is 12.1 Å². The van der Waals surface area contributed by atoms with Crippen molar-refractivity contribution in [1.82, 2.24) is 0 Å². The number of unbranched alkanes of at least 4 members (excludes halogenated alkanes) is 3. The number of benzene rings is 1. The van der Waals surface area contributed by atoms with Crippen molar-refractivity contribution in [2.24, 2.45) is 0 Å². The number of carbonyl (C=O) groups is 2. The first-order chi connectivity index (χ1) is 13.9. The molecule has 0 aromatic heterocycles. The summed E-state index contributed by atoms with van der Waals surface area (Å²) in [4.78, 5) is 23.8. The number of hydrogen-bond acceptors (Lipinski definition) is 7. The highest BCUT2D eigenvalue weighted by atomic mass is 16.7. The third-order valence-electron chi connectivity index (χ3n) is 4.88. The number of ketones is 1. The number of para-hydroxylation sites is 1. The van der Waals surface area contributed by atoms with Gasteiger partial charge in [0.2, 0.25) is 5.91 Å². The van der Waals surface area contributed by atoms with Crippen LogP contribution in [0.3, 0.4) is 0 Å². The van der Waals surface area contributed by atoms with Crippen LogP contribution in [0.2, 0.25) is 0 Å². The van der Waals surface area contributed by atoms with Gasteiger partial charge in [0.25, 0.3) is 0 Å². The smallest absolute Gasteiger partial charge is 0.224 e. The molecule has 0 radical (unpaired) electrons. The maximum atomic E-state index is 11.9. The van der Waals surface area contributed by atoms with E-state index < -0.39 is 30.7 Å². The fourth-order valence-electron chi connectivity index (χ4n) is 3.10. The molecule has 2 rings (SSSR count). The number of anilines is 1. The van der Waals surface area contributed by atoms with Gasteiger partial charge in [0.1, 0.15) is 24.9 Å². The fourth-order valence-corrected chi connectivity index (χ4v) is 3.10. The van der Waals surface area contributed by atoms with Gasteiger partial charge in [-0.2, -0.15) is 0 Å². The number of aliphatic hydroxyl groups excluding tert-OH is 3. The molecule has 1 heterocycles. The van der Waals surface area contributed by atoms with E-state index in [1.807, 2.05) is 30.3 Å². The van der Waals surface area contributed by atoms with E-state index in [-0.39, 0.29) is 18.3 Å². The third kappa shape index (κ3) is 7.83. The number of ether oxygens (including phenoxy) is 2. The van der Waals surface area contributed by atoms with Crippen LogP contribution in [0.1, 0.15) is 45.4 Å². The molecule has 1 amide bonds. The maximum Gasteiger partial charge on any atom is 0.224 e. The Labute approximate surface area is 170 Å². The van der Waals surface area contributed by atoms with Crippen LogP contribution < -0.4 is 5.32 Å². The van der Waals surface area contributed by atoms with Gasteiger partial charge in [0, 0.05) is 18.5 Å². The molecule has 0 spiro atoms. The van der Waals surface area contributed by atoms with Gasteiger partial charge in [-0.05, 0) is 31.9 Å². The maximum absolute atomic E-state index is 11.9. The highest BCUT2D eigenvalue weighted by Gasteiger charge is 2.42.